The number of aryl methyl sites for hydroxylation is 1. The van der Waals surface area contributed by atoms with Gasteiger partial charge >= 0.3 is 11.9 Å². The third kappa shape index (κ3) is 4.75. The van der Waals surface area contributed by atoms with Crippen LogP contribution >= 0.6 is 11.6 Å². The molecule has 2 aliphatic rings. The third-order valence-electron chi connectivity index (χ3n) is 9.63. The number of rotatable bonds is 7. The Morgan fingerprint density at radius 2 is 1.55 bits per heavy atom. The Morgan fingerprint density at radius 1 is 0.872 bits per heavy atom. The molecule has 8 heteroatoms. The summed E-state index contributed by atoms with van der Waals surface area (Å²) in [6, 6.07) is 30.9. The first-order valence-electron chi connectivity index (χ1n) is 16.0. The number of hydrogen-bond donors (Lipinski definition) is 1. The van der Waals surface area contributed by atoms with Crippen LogP contribution in [0.15, 0.2) is 97.1 Å². The normalized spacial score (nSPS) is 21.5. The van der Waals surface area contributed by atoms with E-state index in [1.807, 2.05) is 91.9 Å². The summed E-state index contributed by atoms with van der Waals surface area (Å²) >= 11 is 6.76. The minimum atomic E-state index is -1.62. The van der Waals surface area contributed by atoms with Crippen LogP contribution < -0.4 is 4.90 Å². The van der Waals surface area contributed by atoms with Crippen molar-refractivity contribution in [3.05, 3.63) is 136 Å². The van der Waals surface area contributed by atoms with Gasteiger partial charge in [-0.05, 0) is 67.3 Å². The van der Waals surface area contributed by atoms with Crippen LogP contribution in [0.2, 0.25) is 5.02 Å². The summed E-state index contributed by atoms with van der Waals surface area (Å²) in [6.07, 6.45) is 0. The molecule has 0 fully saturated rings. The quantitative estimate of drug-likeness (QED) is 0.184. The number of carbonyl (C=O) groups excluding carboxylic acids is 3. The summed E-state index contributed by atoms with van der Waals surface area (Å²) < 4.78 is 11.5. The fourth-order valence-corrected chi connectivity index (χ4v) is 8.00. The Kier molecular flexibility index (Phi) is 7.88. The lowest BCUT2D eigenvalue weighted by Gasteiger charge is -2.48. The van der Waals surface area contributed by atoms with Crippen LogP contribution in [0.25, 0.3) is 10.9 Å². The molecule has 0 bridgehead atoms. The zero-order valence-corrected chi connectivity index (χ0v) is 27.2. The predicted octanol–water partition coefficient (Wildman–Crippen LogP) is 7.59. The minimum Gasteiger partial charge on any atom is -0.466 e. The van der Waals surface area contributed by atoms with Crippen LogP contribution in [0.5, 0.6) is 0 Å². The number of nitrogens with zero attached hydrogens (tertiary/aromatic N) is 1. The highest BCUT2D eigenvalue weighted by molar-refractivity contribution is 6.31. The number of ether oxygens (including phenoxy) is 2. The summed E-state index contributed by atoms with van der Waals surface area (Å²) in [5, 5.41) is 1.28. The van der Waals surface area contributed by atoms with E-state index in [9.17, 15) is 9.59 Å². The third-order valence-corrected chi connectivity index (χ3v) is 9.86. The first-order valence-corrected chi connectivity index (χ1v) is 16.3. The van der Waals surface area contributed by atoms with Crippen LogP contribution in [-0.4, -0.2) is 36.0 Å². The lowest BCUT2D eigenvalue weighted by atomic mass is 9.51. The number of hydrogen-bond acceptors (Lipinski definition) is 5. The van der Waals surface area contributed by atoms with Crippen molar-refractivity contribution in [1.82, 2.24) is 4.98 Å². The average molecular weight is 647 g/mol. The lowest BCUT2D eigenvalue weighted by Crippen LogP contribution is -2.58. The van der Waals surface area contributed by atoms with E-state index in [2.05, 4.69) is 4.98 Å². The monoisotopic (exact) mass is 646 g/mol. The van der Waals surface area contributed by atoms with Crippen molar-refractivity contribution < 1.29 is 23.9 Å². The molecule has 1 aliphatic carbocycles. The number of fused-ring (bicyclic) bond motifs is 5. The van der Waals surface area contributed by atoms with Crippen LogP contribution in [0.4, 0.5) is 5.69 Å². The van der Waals surface area contributed by atoms with Crippen molar-refractivity contribution in [3.8, 4) is 0 Å². The molecule has 238 valence electrons. The molecule has 1 spiro atoms. The molecule has 0 saturated heterocycles. The molecule has 1 amide bonds. The largest absolute Gasteiger partial charge is 0.466 e. The van der Waals surface area contributed by atoms with Gasteiger partial charge in [0.05, 0.1) is 25.7 Å². The summed E-state index contributed by atoms with van der Waals surface area (Å²) in [6.45, 7) is 5.89. The summed E-state index contributed by atoms with van der Waals surface area (Å²) in [5.74, 6) is -4.68. The molecule has 2 heterocycles. The highest BCUT2D eigenvalue weighted by Gasteiger charge is 2.69. The van der Waals surface area contributed by atoms with Gasteiger partial charge in [0.25, 0.3) is 0 Å². The van der Waals surface area contributed by atoms with Gasteiger partial charge in [-0.1, -0.05) is 90.0 Å². The van der Waals surface area contributed by atoms with Crippen LogP contribution in [0.1, 0.15) is 59.2 Å². The second-order valence-electron chi connectivity index (χ2n) is 12.2. The van der Waals surface area contributed by atoms with Crippen LogP contribution in [0, 0.1) is 12.8 Å². The molecule has 1 N–H and O–H groups in total. The highest BCUT2D eigenvalue weighted by atomic mass is 35.5. The summed E-state index contributed by atoms with van der Waals surface area (Å²) in [5.41, 5.74) is 4.54. The maximum atomic E-state index is 15.7. The number of nitrogens with one attached hydrogen (secondary N) is 1. The number of H-pyrrole nitrogens is 1. The van der Waals surface area contributed by atoms with Gasteiger partial charge in [0.2, 0.25) is 5.91 Å². The van der Waals surface area contributed by atoms with E-state index in [0.29, 0.717) is 22.0 Å². The fourth-order valence-electron chi connectivity index (χ4n) is 7.83. The molecule has 47 heavy (non-hydrogen) atoms. The van der Waals surface area contributed by atoms with Gasteiger partial charge in [0.1, 0.15) is 11.3 Å². The van der Waals surface area contributed by atoms with Gasteiger partial charge in [-0.3, -0.25) is 14.4 Å². The number of carbonyl (C=O) groups is 3. The van der Waals surface area contributed by atoms with Gasteiger partial charge in [-0.25, -0.2) is 0 Å². The standard InChI is InChI=1S/C39H35ClN2O5/c1-4-46-36(43)32-34(37(44)47-5-2)39(28-21-26(40)19-20-30(28)42(38(39)45)22-24-11-7-6-8-12-24)33(25-17-15-23(3)16-18-25)31-27-13-9-10-14-29(27)41-35(31)32/h6-21,32-34,41H,4-5,22H2,1-3H3/t32-,33-,34-,39+/m0/s1. The number of esters is 2. The average Bonchev–Trinajstić information content (AvgIpc) is 3.55. The molecule has 5 aromatic rings. The number of anilines is 1. The smallest absolute Gasteiger partial charge is 0.315 e. The van der Waals surface area contributed by atoms with E-state index < -0.39 is 35.1 Å². The van der Waals surface area contributed by atoms with Crippen molar-refractivity contribution in [2.45, 2.75) is 44.6 Å². The molecule has 4 aromatic carbocycles. The Hall–Kier alpha value is -4.88. The van der Waals surface area contributed by atoms with Gasteiger partial charge < -0.3 is 19.4 Å². The Bertz CT molecular complexity index is 2000. The lowest BCUT2D eigenvalue weighted by molar-refractivity contribution is -0.163. The minimum absolute atomic E-state index is 0.0695. The molecule has 7 rings (SSSR count). The van der Waals surface area contributed by atoms with E-state index in [-0.39, 0.29) is 25.7 Å². The fraction of sp³-hybridized carbons (Fsp3) is 0.256. The van der Waals surface area contributed by atoms with Gasteiger partial charge in [-0.2, -0.15) is 0 Å². The number of para-hydroxylation sites is 1. The first-order chi connectivity index (χ1) is 22.8. The molecule has 0 radical (unpaired) electrons. The number of aromatic nitrogens is 1. The maximum absolute atomic E-state index is 15.7. The molecule has 1 aliphatic heterocycles. The second-order valence-corrected chi connectivity index (χ2v) is 12.6. The maximum Gasteiger partial charge on any atom is 0.315 e. The van der Waals surface area contributed by atoms with E-state index in [0.717, 1.165) is 33.2 Å². The van der Waals surface area contributed by atoms with Crippen LogP contribution in [0.3, 0.4) is 0 Å². The molecular weight excluding hydrogens is 612 g/mol. The molecular formula is C39H35ClN2O5. The second kappa shape index (κ2) is 12.0. The van der Waals surface area contributed by atoms with Crippen molar-refractivity contribution in [2.75, 3.05) is 18.1 Å². The van der Waals surface area contributed by atoms with E-state index in [1.54, 1.807) is 30.9 Å². The van der Waals surface area contributed by atoms with Crippen molar-refractivity contribution in [3.63, 3.8) is 0 Å². The van der Waals surface area contributed by atoms with E-state index in [1.165, 1.54) is 0 Å². The topological polar surface area (TPSA) is 88.7 Å². The molecule has 7 nitrogen and oxygen atoms in total. The Morgan fingerprint density at radius 3 is 2.28 bits per heavy atom. The first kappa shape index (κ1) is 30.8. The molecule has 1 aromatic heterocycles. The summed E-state index contributed by atoms with van der Waals surface area (Å²) in [7, 11) is 0. The van der Waals surface area contributed by atoms with Crippen molar-refractivity contribution >= 4 is 46.0 Å². The Labute approximate surface area is 278 Å². The molecule has 0 unspecified atom stereocenters. The Balaban J connectivity index is 1.63. The predicted molar refractivity (Wildman–Crippen MR) is 182 cm³/mol. The van der Waals surface area contributed by atoms with E-state index in [4.69, 9.17) is 21.1 Å². The zero-order valence-electron chi connectivity index (χ0n) is 26.5. The van der Waals surface area contributed by atoms with Crippen molar-refractivity contribution in [2.24, 2.45) is 5.92 Å². The highest BCUT2D eigenvalue weighted by Crippen LogP contribution is 2.64. The van der Waals surface area contributed by atoms with Gasteiger partial charge in [-0.15, -0.1) is 0 Å². The molecule has 0 saturated carbocycles. The number of amides is 1. The van der Waals surface area contributed by atoms with Crippen molar-refractivity contribution in [1.29, 1.82) is 0 Å². The van der Waals surface area contributed by atoms with Gasteiger partial charge in [0, 0.05) is 33.2 Å². The summed E-state index contributed by atoms with van der Waals surface area (Å²) in [4.78, 5) is 49.8. The van der Waals surface area contributed by atoms with E-state index >= 15 is 4.79 Å². The molecule has 4 atom stereocenters. The number of benzene rings is 4. The van der Waals surface area contributed by atoms with Gasteiger partial charge in [0.15, 0.2) is 0 Å². The van der Waals surface area contributed by atoms with Crippen LogP contribution in [-0.2, 0) is 35.8 Å². The zero-order chi connectivity index (χ0) is 32.9. The number of aromatic amines is 1. The SMILES string of the molecule is CCOC(=O)[C@@H]1c2[nH]c3ccccc3c2[C@H](c2ccc(C)cc2)[C@@]2(C(=O)N(Cc3ccccc3)c3ccc(Cl)cc32)[C@@H]1C(=O)OCC. The number of halogens is 1.